The van der Waals surface area contributed by atoms with Crippen molar-refractivity contribution in [3.63, 3.8) is 0 Å². The number of aryl methyl sites for hydroxylation is 1. The lowest BCUT2D eigenvalue weighted by atomic mass is 9.98. The first kappa shape index (κ1) is 13.3. The zero-order valence-electron chi connectivity index (χ0n) is 12.0. The third kappa shape index (κ3) is 3.05. The van der Waals surface area contributed by atoms with E-state index in [4.69, 9.17) is 0 Å². The first-order chi connectivity index (χ1) is 9.83. The van der Waals surface area contributed by atoms with Gasteiger partial charge in [0.25, 0.3) is 0 Å². The monoisotopic (exact) mass is 267 g/mol. The third-order valence-corrected chi connectivity index (χ3v) is 4.07. The van der Waals surface area contributed by atoms with Crippen LogP contribution in [0.5, 0.6) is 0 Å². The Labute approximate surface area is 120 Å². The molecule has 3 rings (SSSR count). The van der Waals surface area contributed by atoms with Gasteiger partial charge in [-0.2, -0.15) is 0 Å². The van der Waals surface area contributed by atoms with Crippen molar-refractivity contribution in [2.45, 2.75) is 38.8 Å². The molecule has 1 aromatic carbocycles. The number of hydrogen-bond acceptors (Lipinski definition) is 3. The molecule has 0 bridgehead atoms. The van der Waals surface area contributed by atoms with Crippen LogP contribution in [0.1, 0.15) is 42.1 Å². The summed E-state index contributed by atoms with van der Waals surface area (Å²) in [5.74, 6) is 0. The van der Waals surface area contributed by atoms with Crippen molar-refractivity contribution >= 4 is 0 Å². The Bertz CT molecular complexity index is 536. The molecule has 1 aromatic heterocycles. The minimum absolute atomic E-state index is 0.438. The highest BCUT2D eigenvalue weighted by molar-refractivity contribution is 5.21. The molecule has 1 aliphatic rings. The molecule has 0 spiro atoms. The van der Waals surface area contributed by atoms with Crippen molar-refractivity contribution in [3.05, 3.63) is 59.7 Å². The van der Waals surface area contributed by atoms with Crippen molar-refractivity contribution in [2.75, 3.05) is 6.54 Å². The van der Waals surface area contributed by atoms with Gasteiger partial charge in [0.15, 0.2) is 0 Å². The van der Waals surface area contributed by atoms with Crippen LogP contribution in [0.4, 0.5) is 0 Å². The van der Waals surface area contributed by atoms with E-state index in [-0.39, 0.29) is 0 Å². The number of piperidine rings is 1. The summed E-state index contributed by atoms with van der Waals surface area (Å²) in [6, 6.07) is 11.4. The maximum absolute atomic E-state index is 4.46. The van der Waals surface area contributed by atoms with E-state index in [0.29, 0.717) is 6.04 Å². The predicted octanol–water partition coefficient (Wildman–Crippen LogP) is 3.51. The van der Waals surface area contributed by atoms with E-state index in [0.717, 1.165) is 18.8 Å². The summed E-state index contributed by atoms with van der Waals surface area (Å²) < 4.78 is 0. The molecular formula is C17H21N3. The van der Waals surface area contributed by atoms with Crippen molar-refractivity contribution in [1.29, 1.82) is 0 Å². The minimum atomic E-state index is 0.438. The van der Waals surface area contributed by atoms with Gasteiger partial charge in [0.1, 0.15) is 6.33 Å². The lowest BCUT2D eigenvalue weighted by molar-refractivity contribution is 0.137. The van der Waals surface area contributed by atoms with Crippen molar-refractivity contribution in [3.8, 4) is 0 Å². The Kier molecular flexibility index (Phi) is 4.07. The van der Waals surface area contributed by atoms with E-state index in [1.54, 1.807) is 6.33 Å². The van der Waals surface area contributed by atoms with Crippen LogP contribution >= 0.6 is 0 Å². The van der Waals surface area contributed by atoms with E-state index >= 15 is 0 Å². The SMILES string of the molecule is Cc1ccc(CN2CCCC[C@H]2c2ccncn2)cc1. The molecule has 2 heterocycles. The third-order valence-electron chi connectivity index (χ3n) is 4.07. The van der Waals surface area contributed by atoms with Crippen LogP contribution in [0, 0.1) is 6.92 Å². The Hall–Kier alpha value is -1.74. The summed E-state index contributed by atoms with van der Waals surface area (Å²) in [4.78, 5) is 11.0. The quantitative estimate of drug-likeness (QED) is 0.852. The number of likely N-dealkylation sites (tertiary alicyclic amines) is 1. The van der Waals surface area contributed by atoms with E-state index in [1.807, 2.05) is 6.20 Å². The number of nitrogens with zero attached hydrogens (tertiary/aromatic N) is 3. The van der Waals surface area contributed by atoms with Crippen LogP contribution in [0.2, 0.25) is 0 Å². The molecule has 1 atom stereocenters. The molecule has 104 valence electrons. The second-order valence-electron chi connectivity index (χ2n) is 5.60. The van der Waals surface area contributed by atoms with Gasteiger partial charge in [-0.25, -0.2) is 9.97 Å². The Balaban J connectivity index is 1.77. The molecule has 0 N–H and O–H groups in total. The molecule has 0 saturated carbocycles. The highest BCUT2D eigenvalue weighted by Gasteiger charge is 2.24. The van der Waals surface area contributed by atoms with Gasteiger partial charge in [-0.05, 0) is 37.9 Å². The van der Waals surface area contributed by atoms with Gasteiger partial charge < -0.3 is 0 Å². The molecule has 20 heavy (non-hydrogen) atoms. The van der Waals surface area contributed by atoms with Crippen LogP contribution in [0.3, 0.4) is 0 Å². The van der Waals surface area contributed by atoms with Crippen molar-refractivity contribution in [2.24, 2.45) is 0 Å². The van der Waals surface area contributed by atoms with Gasteiger partial charge in [0.05, 0.1) is 11.7 Å². The molecule has 1 aliphatic heterocycles. The summed E-state index contributed by atoms with van der Waals surface area (Å²) in [6.07, 6.45) is 7.28. The summed E-state index contributed by atoms with van der Waals surface area (Å²) in [5.41, 5.74) is 3.86. The maximum Gasteiger partial charge on any atom is 0.115 e. The molecular weight excluding hydrogens is 246 g/mol. The molecule has 0 aliphatic carbocycles. The van der Waals surface area contributed by atoms with Gasteiger partial charge >= 0.3 is 0 Å². The van der Waals surface area contributed by atoms with Crippen molar-refractivity contribution < 1.29 is 0 Å². The molecule has 1 fully saturated rings. The standard InChI is InChI=1S/C17H21N3/c1-14-5-7-15(8-6-14)12-20-11-3-2-4-17(20)16-9-10-18-13-19-16/h5-10,13,17H,2-4,11-12H2,1H3/t17-/m0/s1. The second kappa shape index (κ2) is 6.14. The summed E-state index contributed by atoms with van der Waals surface area (Å²) in [7, 11) is 0. The van der Waals surface area contributed by atoms with Crippen molar-refractivity contribution in [1.82, 2.24) is 14.9 Å². The first-order valence-electron chi connectivity index (χ1n) is 7.38. The Morgan fingerprint density at radius 3 is 2.75 bits per heavy atom. The Morgan fingerprint density at radius 2 is 2.00 bits per heavy atom. The number of benzene rings is 1. The van der Waals surface area contributed by atoms with Crippen LogP contribution in [-0.4, -0.2) is 21.4 Å². The highest BCUT2D eigenvalue weighted by atomic mass is 15.2. The second-order valence-corrected chi connectivity index (χ2v) is 5.60. The van der Waals surface area contributed by atoms with E-state index < -0.39 is 0 Å². The number of hydrogen-bond donors (Lipinski definition) is 0. The average molecular weight is 267 g/mol. The van der Waals surface area contributed by atoms with Crippen LogP contribution < -0.4 is 0 Å². The summed E-state index contributed by atoms with van der Waals surface area (Å²) >= 11 is 0. The fourth-order valence-corrected chi connectivity index (χ4v) is 2.94. The number of rotatable bonds is 3. The van der Waals surface area contributed by atoms with Gasteiger partial charge in [0, 0.05) is 12.7 Å². The zero-order chi connectivity index (χ0) is 13.8. The summed E-state index contributed by atoms with van der Waals surface area (Å²) in [5, 5.41) is 0. The van der Waals surface area contributed by atoms with Gasteiger partial charge in [-0.15, -0.1) is 0 Å². The lowest BCUT2D eigenvalue weighted by Crippen LogP contribution is -2.33. The fourth-order valence-electron chi connectivity index (χ4n) is 2.94. The smallest absolute Gasteiger partial charge is 0.115 e. The average Bonchev–Trinajstić information content (AvgIpc) is 2.51. The molecule has 3 nitrogen and oxygen atoms in total. The summed E-state index contributed by atoms with van der Waals surface area (Å²) in [6.45, 7) is 4.30. The topological polar surface area (TPSA) is 29.0 Å². The van der Waals surface area contributed by atoms with Gasteiger partial charge in [-0.1, -0.05) is 36.2 Å². The molecule has 2 aromatic rings. The highest BCUT2D eigenvalue weighted by Crippen LogP contribution is 2.30. The van der Waals surface area contributed by atoms with Crippen LogP contribution in [0.15, 0.2) is 42.9 Å². The van der Waals surface area contributed by atoms with Gasteiger partial charge in [0.2, 0.25) is 0 Å². The van der Waals surface area contributed by atoms with Crippen LogP contribution in [0.25, 0.3) is 0 Å². The molecule has 0 radical (unpaired) electrons. The molecule has 0 unspecified atom stereocenters. The molecule has 0 amide bonds. The molecule has 1 saturated heterocycles. The normalized spacial score (nSPS) is 19.9. The largest absolute Gasteiger partial charge is 0.291 e. The van der Waals surface area contributed by atoms with E-state index in [1.165, 1.54) is 30.4 Å². The maximum atomic E-state index is 4.46. The van der Waals surface area contributed by atoms with Gasteiger partial charge in [-0.3, -0.25) is 4.90 Å². The Morgan fingerprint density at radius 1 is 1.15 bits per heavy atom. The predicted molar refractivity (Wildman–Crippen MR) is 80.2 cm³/mol. The van der Waals surface area contributed by atoms with Crippen LogP contribution in [-0.2, 0) is 6.54 Å². The van der Waals surface area contributed by atoms with E-state index in [2.05, 4.69) is 52.1 Å². The zero-order valence-corrected chi connectivity index (χ0v) is 12.0. The first-order valence-corrected chi connectivity index (χ1v) is 7.38. The molecule has 3 heteroatoms. The van der Waals surface area contributed by atoms with E-state index in [9.17, 15) is 0 Å². The fraction of sp³-hybridized carbons (Fsp3) is 0.412. The lowest BCUT2D eigenvalue weighted by Gasteiger charge is -2.35. The number of aromatic nitrogens is 2. The minimum Gasteiger partial charge on any atom is -0.291 e.